The van der Waals surface area contributed by atoms with Crippen LogP contribution in [-0.2, 0) is 0 Å². The van der Waals surface area contributed by atoms with Crippen LogP contribution in [0.4, 0.5) is 0 Å². The predicted molar refractivity (Wildman–Crippen MR) is 56.6 cm³/mol. The van der Waals surface area contributed by atoms with Crippen LogP contribution in [0.2, 0.25) is 0 Å². The largest absolute Gasteiger partial charge is 0.436 e. The number of nitrogens with two attached hydrogens (primary N) is 1. The third-order valence-corrected chi connectivity index (χ3v) is 2.07. The van der Waals surface area contributed by atoms with Gasteiger partial charge < -0.3 is 15.5 Å². The van der Waals surface area contributed by atoms with Crippen molar-refractivity contribution < 1.29 is 9.21 Å². The van der Waals surface area contributed by atoms with E-state index in [4.69, 9.17) is 10.2 Å². The van der Waals surface area contributed by atoms with Gasteiger partial charge in [0.1, 0.15) is 0 Å². The maximum absolute atomic E-state index is 11.8. The lowest BCUT2D eigenvalue weighted by Crippen LogP contribution is -2.48. The van der Waals surface area contributed by atoms with Crippen LogP contribution in [0.15, 0.2) is 4.42 Å². The number of aryl methyl sites for hydroxylation is 2. The summed E-state index contributed by atoms with van der Waals surface area (Å²) in [6.45, 7) is 7.51. The van der Waals surface area contributed by atoms with E-state index >= 15 is 0 Å². The van der Waals surface area contributed by atoms with Crippen molar-refractivity contribution in [1.29, 1.82) is 0 Å². The van der Waals surface area contributed by atoms with Gasteiger partial charge in [-0.3, -0.25) is 4.79 Å². The van der Waals surface area contributed by atoms with Gasteiger partial charge in [0.25, 0.3) is 5.91 Å². The monoisotopic (exact) mass is 211 g/mol. The van der Waals surface area contributed by atoms with Gasteiger partial charge in [-0.2, -0.15) is 0 Å². The van der Waals surface area contributed by atoms with E-state index < -0.39 is 5.54 Å². The van der Waals surface area contributed by atoms with Crippen molar-refractivity contribution in [1.82, 2.24) is 10.3 Å². The van der Waals surface area contributed by atoms with Crippen LogP contribution in [0.25, 0.3) is 0 Å². The number of rotatable bonds is 3. The Balaban J connectivity index is 2.82. The molecule has 1 aromatic heterocycles. The molecule has 0 radical (unpaired) electrons. The number of carbonyl (C=O) groups excluding carboxylic acids is 1. The van der Waals surface area contributed by atoms with Crippen molar-refractivity contribution in [3.63, 3.8) is 0 Å². The molecule has 0 aliphatic heterocycles. The Morgan fingerprint density at radius 1 is 1.53 bits per heavy atom. The minimum Gasteiger partial charge on any atom is -0.436 e. The maximum Gasteiger partial charge on any atom is 0.289 e. The van der Waals surface area contributed by atoms with E-state index in [1.807, 2.05) is 13.8 Å². The fourth-order valence-corrected chi connectivity index (χ4v) is 1.16. The molecule has 0 bridgehead atoms. The van der Waals surface area contributed by atoms with Crippen molar-refractivity contribution in [2.75, 3.05) is 6.54 Å². The van der Waals surface area contributed by atoms with Gasteiger partial charge in [0, 0.05) is 19.0 Å². The summed E-state index contributed by atoms with van der Waals surface area (Å²) >= 11 is 0. The first-order chi connectivity index (χ1) is 6.85. The van der Waals surface area contributed by atoms with Crippen molar-refractivity contribution >= 4 is 5.91 Å². The number of aromatic nitrogens is 1. The average Bonchev–Trinajstić information content (AvgIpc) is 2.45. The molecular formula is C10H17N3O2. The van der Waals surface area contributed by atoms with Gasteiger partial charge in [-0.15, -0.1) is 0 Å². The minimum atomic E-state index is -0.440. The first-order valence-electron chi connectivity index (χ1n) is 4.82. The van der Waals surface area contributed by atoms with E-state index in [2.05, 4.69) is 10.3 Å². The Morgan fingerprint density at radius 3 is 2.53 bits per heavy atom. The Labute approximate surface area is 89.1 Å². The fraction of sp³-hybridized carbons (Fsp3) is 0.600. The molecule has 0 unspecified atom stereocenters. The molecule has 0 aliphatic carbocycles. The van der Waals surface area contributed by atoms with E-state index in [9.17, 15) is 4.79 Å². The van der Waals surface area contributed by atoms with Crippen molar-refractivity contribution in [3.05, 3.63) is 17.3 Å². The minimum absolute atomic E-state index is 0.258. The third kappa shape index (κ3) is 2.79. The Morgan fingerprint density at radius 2 is 2.13 bits per heavy atom. The normalized spacial score (nSPS) is 11.5. The van der Waals surface area contributed by atoms with Crippen LogP contribution in [0, 0.1) is 13.8 Å². The molecule has 15 heavy (non-hydrogen) atoms. The van der Waals surface area contributed by atoms with Crippen molar-refractivity contribution in [2.45, 2.75) is 33.2 Å². The summed E-state index contributed by atoms with van der Waals surface area (Å²) in [5.41, 5.74) is 5.67. The van der Waals surface area contributed by atoms with Gasteiger partial charge in [0.2, 0.25) is 5.76 Å². The Hall–Kier alpha value is -1.36. The highest BCUT2D eigenvalue weighted by molar-refractivity contribution is 5.92. The number of amides is 1. The van der Waals surface area contributed by atoms with Crippen molar-refractivity contribution in [2.24, 2.45) is 5.73 Å². The van der Waals surface area contributed by atoms with E-state index in [1.54, 1.807) is 13.8 Å². The first kappa shape index (κ1) is 11.7. The van der Waals surface area contributed by atoms with Crippen LogP contribution >= 0.6 is 0 Å². The molecule has 1 aromatic rings. The molecule has 84 valence electrons. The van der Waals surface area contributed by atoms with Gasteiger partial charge >= 0.3 is 0 Å². The van der Waals surface area contributed by atoms with E-state index in [0.29, 0.717) is 18.1 Å². The molecule has 0 spiro atoms. The predicted octanol–water partition coefficient (Wildman–Crippen LogP) is 0.759. The topological polar surface area (TPSA) is 81.2 Å². The fourth-order valence-electron chi connectivity index (χ4n) is 1.16. The maximum atomic E-state index is 11.8. The number of nitrogens with one attached hydrogen (secondary N) is 1. The van der Waals surface area contributed by atoms with Crippen molar-refractivity contribution in [3.8, 4) is 0 Å². The zero-order valence-corrected chi connectivity index (χ0v) is 9.55. The molecule has 0 aliphatic rings. The summed E-state index contributed by atoms with van der Waals surface area (Å²) in [5.74, 6) is 0.473. The smallest absolute Gasteiger partial charge is 0.289 e. The van der Waals surface area contributed by atoms with E-state index in [-0.39, 0.29) is 11.7 Å². The molecule has 0 saturated heterocycles. The zero-order chi connectivity index (χ0) is 11.6. The number of nitrogens with zero attached hydrogens (tertiary/aromatic N) is 1. The van der Waals surface area contributed by atoms with Gasteiger partial charge in [-0.05, 0) is 20.8 Å². The molecule has 1 rings (SSSR count). The van der Waals surface area contributed by atoms with Gasteiger partial charge in [0.05, 0.1) is 5.69 Å². The van der Waals surface area contributed by atoms with Gasteiger partial charge in [-0.1, -0.05) is 0 Å². The number of hydrogen-bond donors (Lipinski definition) is 2. The highest BCUT2D eigenvalue weighted by atomic mass is 16.4. The molecule has 0 fully saturated rings. The number of carbonyl (C=O) groups is 1. The summed E-state index contributed by atoms with van der Waals surface area (Å²) < 4.78 is 5.20. The number of oxazole rings is 1. The lowest BCUT2D eigenvalue weighted by atomic mass is 10.1. The Bertz CT molecular complexity index is 369. The standard InChI is InChI=1S/C10H17N3O2/c1-6-8(15-7(2)12-6)9(14)13-10(3,4)5-11/h5,11H2,1-4H3,(H,13,14). The van der Waals surface area contributed by atoms with E-state index in [1.165, 1.54) is 0 Å². The van der Waals surface area contributed by atoms with Crippen LogP contribution < -0.4 is 11.1 Å². The van der Waals surface area contributed by atoms with Gasteiger partial charge in [0.15, 0.2) is 5.89 Å². The summed E-state index contributed by atoms with van der Waals surface area (Å²) in [7, 11) is 0. The summed E-state index contributed by atoms with van der Waals surface area (Å²) in [4.78, 5) is 15.8. The number of hydrogen-bond acceptors (Lipinski definition) is 4. The molecule has 1 amide bonds. The molecule has 3 N–H and O–H groups in total. The van der Waals surface area contributed by atoms with Crippen LogP contribution in [0.1, 0.15) is 36.0 Å². The molecule has 0 atom stereocenters. The first-order valence-corrected chi connectivity index (χ1v) is 4.82. The Kier molecular flexibility index (Phi) is 3.14. The summed E-state index contributed by atoms with van der Waals surface area (Å²) in [6, 6.07) is 0. The average molecular weight is 211 g/mol. The molecular weight excluding hydrogens is 194 g/mol. The lowest BCUT2D eigenvalue weighted by Gasteiger charge is -2.23. The zero-order valence-electron chi connectivity index (χ0n) is 9.55. The molecule has 0 aromatic carbocycles. The quantitative estimate of drug-likeness (QED) is 0.773. The second-order valence-corrected chi connectivity index (χ2v) is 4.19. The molecule has 0 saturated carbocycles. The molecule has 5 nitrogen and oxygen atoms in total. The van der Waals surface area contributed by atoms with Gasteiger partial charge in [-0.25, -0.2) is 4.98 Å². The highest BCUT2D eigenvalue weighted by Crippen LogP contribution is 2.10. The van der Waals surface area contributed by atoms with Crippen LogP contribution in [-0.4, -0.2) is 23.0 Å². The highest BCUT2D eigenvalue weighted by Gasteiger charge is 2.23. The summed E-state index contributed by atoms with van der Waals surface area (Å²) in [6.07, 6.45) is 0. The SMILES string of the molecule is Cc1nc(C)c(C(=O)NC(C)(C)CN)o1. The summed E-state index contributed by atoms with van der Waals surface area (Å²) in [5, 5.41) is 2.78. The third-order valence-electron chi connectivity index (χ3n) is 2.07. The molecule has 1 heterocycles. The van der Waals surface area contributed by atoms with Crippen LogP contribution in [0.3, 0.4) is 0 Å². The second kappa shape index (κ2) is 4.02. The van der Waals surface area contributed by atoms with E-state index in [0.717, 1.165) is 0 Å². The lowest BCUT2D eigenvalue weighted by molar-refractivity contribution is 0.0885. The second-order valence-electron chi connectivity index (χ2n) is 4.19. The van der Waals surface area contributed by atoms with Crippen LogP contribution in [0.5, 0.6) is 0 Å². The molecule has 5 heteroatoms.